The van der Waals surface area contributed by atoms with Crippen LogP contribution < -0.4 is 9.47 Å². The molecule has 0 aromatic heterocycles. The summed E-state index contributed by atoms with van der Waals surface area (Å²) in [5.41, 5.74) is 1.74. The molecule has 1 aliphatic heterocycles. The number of hydrogen-bond donors (Lipinski definition) is 0. The number of benzene rings is 2. The normalized spacial score (nSPS) is 12.4. The van der Waals surface area contributed by atoms with Gasteiger partial charge in [0.1, 0.15) is 0 Å². The Morgan fingerprint density at radius 2 is 1.70 bits per heavy atom. The molecule has 0 spiro atoms. The fourth-order valence-corrected chi connectivity index (χ4v) is 2.17. The van der Waals surface area contributed by atoms with E-state index in [0.29, 0.717) is 22.6 Å². The van der Waals surface area contributed by atoms with Gasteiger partial charge in [0.05, 0.1) is 12.7 Å². The van der Waals surface area contributed by atoms with E-state index in [2.05, 4.69) is 4.74 Å². The van der Waals surface area contributed by atoms with Gasteiger partial charge in [-0.25, -0.2) is 4.79 Å². The molecule has 2 aromatic carbocycles. The van der Waals surface area contributed by atoms with Gasteiger partial charge in [0.2, 0.25) is 6.79 Å². The number of carbonyl (C=O) groups excluding carboxylic acids is 2. The third-order valence-electron chi connectivity index (χ3n) is 3.41. The Labute approximate surface area is 133 Å². The highest BCUT2D eigenvalue weighted by Crippen LogP contribution is 2.32. The van der Waals surface area contributed by atoms with E-state index in [1.165, 1.54) is 13.2 Å². The van der Waals surface area contributed by atoms with Crippen LogP contribution in [0.1, 0.15) is 26.3 Å². The molecule has 0 aliphatic carbocycles. The van der Waals surface area contributed by atoms with Crippen molar-refractivity contribution in [2.45, 2.75) is 0 Å². The van der Waals surface area contributed by atoms with Crippen molar-refractivity contribution in [3.8, 4) is 11.5 Å². The number of methoxy groups -OCH3 is 1. The van der Waals surface area contributed by atoms with E-state index in [4.69, 9.17) is 9.47 Å². The maximum Gasteiger partial charge on any atom is 0.337 e. The van der Waals surface area contributed by atoms with Gasteiger partial charge in [-0.2, -0.15) is 0 Å². The molecule has 0 saturated carbocycles. The molecule has 0 amide bonds. The Morgan fingerprint density at radius 3 is 2.43 bits per heavy atom. The number of carbonyl (C=O) groups is 2. The van der Waals surface area contributed by atoms with Crippen molar-refractivity contribution in [3.63, 3.8) is 0 Å². The number of esters is 1. The van der Waals surface area contributed by atoms with Crippen LogP contribution in [0.2, 0.25) is 0 Å². The van der Waals surface area contributed by atoms with Gasteiger partial charge in [0, 0.05) is 5.56 Å². The summed E-state index contributed by atoms with van der Waals surface area (Å²) in [6, 6.07) is 11.8. The van der Waals surface area contributed by atoms with E-state index in [1.54, 1.807) is 36.4 Å². The van der Waals surface area contributed by atoms with Crippen molar-refractivity contribution >= 4 is 17.8 Å². The fraction of sp³-hybridized carbons (Fsp3) is 0.111. The van der Waals surface area contributed by atoms with Gasteiger partial charge in [0.25, 0.3) is 0 Å². The second-order valence-corrected chi connectivity index (χ2v) is 4.88. The first-order chi connectivity index (χ1) is 11.2. The number of fused-ring (bicyclic) bond motifs is 1. The summed E-state index contributed by atoms with van der Waals surface area (Å²) in [5.74, 6) is 0.785. The van der Waals surface area contributed by atoms with E-state index >= 15 is 0 Å². The van der Waals surface area contributed by atoms with Crippen LogP contribution in [0.25, 0.3) is 6.08 Å². The van der Waals surface area contributed by atoms with Gasteiger partial charge < -0.3 is 14.2 Å². The molecule has 3 rings (SSSR count). The number of hydrogen-bond acceptors (Lipinski definition) is 5. The molecule has 23 heavy (non-hydrogen) atoms. The molecule has 1 aliphatic rings. The molecule has 0 atom stereocenters. The van der Waals surface area contributed by atoms with Crippen molar-refractivity contribution in [3.05, 3.63) is 65.2 Å². The van der Waals surface area contributed by atoms with Gasteiger partial charge in [-0.3, -0.25) is 4.79 Å². The average molecular weight is 310 g/mol. The van der Waals surface area contributed by atoms with Crippen molar-refractivity contribution in [2.24, 2.45) is 0 Å². The molecule has 5 nitrogen and oxygen atoms in total. The van der Waals surface area contributed by atoms with E-state index in [1.807, 2.05) is 12.1 Å². The third-order valence-corrected chi connectivity index (χ3v) is 3.41. The molecule has 0 radical (unpaired) electrons. The minimum absolute atomic E-state index is 0.154. The first kappa shape index (κ1) is 14.8. The summed E-state index contributed by atoms with van der Waals surface area (Å²) in [5, 5.41) is 0. The summed E-state index contributed by atoms with van der Waals surface area (Å²) >= 11 is 0. The van der Waals surface area contributed by atoms with E-state index in [-0.39, 0.29) is 12.6 Å². The fourth-order valence-electron chi connectivity index (χ4n) is 2.17. The van der Waals surface area contributed by atoms with Gasteiger partial charge in [0.15, 0.2) is 17.3 Å². The van der Waals surface area contributed by atoms with Crippen LogP contribution in [0, 0.1) is 0 Å². The van der Waals surface area contributed by atoms with E-state index < -0.39 is 5.97 Å². The predicted octanol–water partition coefficient (Wildman–Crippen LogP) is 3.10. The van der Waals surface area contributed by atoms with Crippen LogP contribution in [0.15, 0.2) is 48.5 Å². The topological polar surface area (TPSA) is 61.8 Å². The van der Waals surface area contributed by atoms with Crippen molar-refractivity contribution in [1.29, 1.82) is 0 Å². The van der Waals surface area contributed by atoms with Gasteiger partial charge in [-0.1, -0.05) is 24.3 Å². The number of ketones is 1. The number of rotatable bonds is 4. The van der Waals surface area contributed by atoms with Crippen molar-refractivity contribution < 1.29 is 23.8 Å². The van der Waals surface area contributed by atoms with Crippen LogP contribution in [-0.4, -0.2) is 25.7 Å². The lowest BCUT2D eigenvalue weighted by atomic mass is 10.1. The smallest absolute Gasteiger partial charge is 0.337 e. The summed E-state index contributed by atoms with van der Waals surface area (Å²) in [4.78, 5) is 23.5. The van der Waals surface area contributed by atoms with Gasteiger partial charge >= 0.3 is 5.97 Å². The van der Waals surface area contributed by atoms with Crippen LogP contribution in [0.5, 0.6) is 11.5 Å². The Morgan fingerprint density at radius 1 is 1.00 bits per heavy atom. The minimum Gasteiger partial charge on any atom is -0.465 e. The average Bonchev–Trinajstić information content (AvgIpc) is 3.06. The molecular weight excluding hydrogens is 296 g/mol. The minimum atomic E-state index is -0.431. The first-order valence-electron chi connectivity index (χ1n) is 6.98. The zero-order valence-corrected chi connectivity index (χ0v) is 12.4. The molecule has 2 aromatic rings. The molecule has 0 saturated heterocycles. The Hall–Kier alpha value is -3.08. The van der Waals surface area contributed by atoms with Crippen LogP contribution >= 0.6 is 0 Å². The molecule has 1 heterocycles. The Kier molecular flexibility index (Phi) is 4.10. The number of allylic oxidation sites excluding steroid dienone is 1. The zero-order chi connectivity index (χ0) is 16.2. The lowest BCUT2D eigenvalue weighted by Crippen LogP contribution is -2.02. The highest BCUT2D eigenvalue weighted by Gasteiger charge is 2.12. The monoisotopic (exact) mass is 310 g/mol. The molecule has 116 valence electrons. The molecule has 5 heteroatoms. The highest BCUT2D eigenvalue weighted by molar-refractivity contribution is 6.07. The van der Waals surface area contributed by atoms with Crippen LogP contribution in [0.4, 0.5) is 0 Å². The largest absolute Gasteiger partial charge is 0.465 e. The molecule has 0 unspecified atom stereocenters. The summed E-state index contributed by atoms with van der Waals surface area (Å²) < 4.78 is 15.1. The van der Waals surface area contributed by atoms with Crippen molar-refractivity contribution in [2.75, 3.05) is 13.9 Å². The molecule has 0 bridgehead atoms. The van der Waals surface area contributed by atoms with Crippen molar-refractivity contribution in [1.82, 2.24) is 0 Å². The molecule has 0 N–H and O–H groups in total. The predicted molar refractivity (Wildman–Crippen MR) is 83.7 cm³/mol. The Balaban J connectivity index is 1.72. The third kappa shape index (κ3) is 3.23. The van der Waals surface area contributed by atoms with Gasteiger partial charge in [-0.15, -0.1) is 0 Å². The quantitative estimate of drug-likeness (QED) is 0.493. The van der Waals surface area contributed by atoms with Gasteiger partial charge in [-0.05, 0) is 35.9 Å². The SMILES string of the molecule is COC(=O)c1ccc(C(=O)/C=C/c2ccc3c(c2)OCO3)cc1. The van der Waals surface area contributed by atoms with E-state index in [9.17, 15) is 9.59 Å². The first-order valence-corrected chi connectivity index (χ1v) is 6.98. The molecular formula is C18H14O5. The summed E-state index contributed by atoms with van der Waals surface area (Å²) in [6.07, 6.45) is 3.18. The zero-order valence-electron chi connectivity index (χ0n) is 12.4. The Bertz CT molecular complexity index is 774. The summed E-state index contributed by atoms with van der Waals surface area (Å²) in [6.45, 7) is 0.216. The van der Waals surface area contributed by atoms with Crippen LogP contribution in [-0.2, 0) is 4.74 Å². The standard InChI is InChI=1S/C18H14O5/c1-21-18(20)14-6-4-13(5-7-14)15(19)8-2-12-3-9-16-17(10-12)23-11-22-16/h2-10H,11H2,1H3/b8-2+. The molecule has 0 fully saturated rings. The maximum atomic E-state index is 12.1. The second-order valence-electron chi connectivity index (χ2n) is 4.88. The highest BCUT2D eigenvalue weighted by atomic mass is 16.7. The maximum absolute atomic E-state index is 12.1. The second kappa shape index (κ2) is 6.36. The lowest BCUT2D eigenvalue weighted by molar-refractivity contribution is 0.0600. The summed E-state index contributed by atoms with van der Waals surface area (Å²) in [7, 11) is 1.31. The lowest BCUT2D eigenvalue weighted by Gasteiger charge is -2.00. The number of ether oxygens (including phenoxy) is 3. The van der Waals surface area contributed by atoms with E-state index in [0.717, 1.165) is 5.56 Å². The van der Waals surface area contributed by atoms with Crippen LogP contribution in [0.3, 0.4) is 0 Å².